The second kappa shape index (κ2) is 14.6. The van der Waals surface area contributed by atoms with Gasteiger partial charge in [-0.2, -0.15) is 0 Å². The highest BCUT2D eigenvalue weighted by atomic mass is 35.5. The molecule has 9 nitrogen and oxygen atoms in total. The fourth-order valence-electron chi connectivity index (χ4n) is 2.05. The van der Waals surface area contributed by atoms with Crippen molar-refractivity contribution in [2.75, 3.05) is 13.2 Å². The van der Waals surface area contributed by atoms with Crippen LogP contribution < -0.4 is 4.74 Å². The fraction of sp³-hybridized carbons (Fsp3) is 0.333. The number of ether oxygens (including phenoxy) is 5. The van der Waals surface area contributed by atoms with Gasteiger partial charge in [0.25, 0.3) is 0 Å². The van der Waals surface area contributed by atoms with Crippen molar-refractivity contribution in [3.05, 3.63) is 55.0 Å². The van der Waals surface area contributed by atoms with E-state index in [1.807, 2.05) is 0 Å². The first-order valence-corrected chi connectivity index (χ1v) is 9.56. The molecule has 1 rings (SSSR count). The Bertz CT molecular complexity index is 774. The predicted octanol–water partition coefficient (Wildman–Crippen LogP) is 3.11. The van der Waals surface area contributed by atoms with E-state index in [1.165, 1.54) is 0 Å². The van der Waals surface area contributed by atoms with E-state index >= 15 is 0 Å². The minimum absolute atomic E-state index is 0.129. The second-order valence-corrected chi connectivity index (χ2v) is 6.31. The number of hydrogen-bond donors (Lipinski definition) is 0. The summed E-state index contributed by atoms with van der Waals surface area (Å²) in [7, 11) is 0. The van der Waals surface area contributed by atoms with Crippen molar-refractivity contribution in [1.29, 1.82) is 0 Å². The fourth-order valence-corrected chi connectivity index (χ4v) is 2.18. The average Bonchev–Trinajstić information content (AvgIpc) is 2.74. The molecular formula is C21H23ClO9. The van der Waals surface area contributed by atoms with E-state index in [0.29, 0.717) is 10.8 Å². The first-order valence-electron chi connectivity index (χ1n) is 9.18. The number of hydrogen-bond acceptors (Lipinski definition) is 9. The van der Waals surface area contributed by atoms with E-state index in [-0.39, 0.29) is 38.9 Å². The molecule has 0 saturated carbocycles. The third-order valence-corrected chi connectivity index (χ3v) is 3.73. The molecule has 0 N–H and O–H groups in total. The predicted molar refractivity (Wildman–Crippen MR) is 109 cm³/mol. The Balaban J connectivity index is 2.58. The Hall–Kier alpha value is -3.33. The number of halogens is 1. The smallest absolute Gasteiger partial charge is 0.311 e. The lowest BCUT2D eigenvalue weighted by molar-refractivity contribution is -0.162. The molecule has 0 aliphatic heterocycles. The molecule has 0 bridgehead atoms. The van der Waals surface area contributed by atoms with E-state index in [2.05, 4.69) is 22.6 Å². The average molecular weight is 455 g/mol. The zero-order valence-electron chi connectivity index (χ0n) is 16.8. The largest absolute Gasteiger partial charge is 0.490 e. The Morgan fingerprint density at radius 3 is 1.87 bits per heavy atom. The standard InChI is InChI=1S/C21H23ClO9/c1-3-27-18(23)9-10-20(25)30-14-17(13-29-16-7-5-15(22)6-8-16)31-21(26)12-11-19(24)28-4-2/h3-8,17H,1-2,9-14H2. The highest BCUT2D eigenvalue weighted by Crippen LogP contribution is 2.16. The quantitative estimate of drug-likeness (QED) is 0.237. The van der Waals surface area contributed by atoms with Gasteiger partial charge in [-0.25, -0.2) is 0 Å². The molecule has 0 fully saturated rings. The van der Waals surface area contributed by atoms with Crippen molar-refractivity contribution in [1.82, 2.24) is 0 Å². The highest BCUT2D eigenvalue weighted by molar-refractivity contribution is 6.30. The Labute approximate surface area is 184 Å². The van der Waals surface area contributed by atoms with Crippen LogP contribution in [0.1, 0.15) is 25.7 Å². The van der Waals surface area contributed by atoms with E-state index in [1.54, 1.807) is 24.3 Å². The molecular weight excluding hydrogens is 432 g/mol. The first-order chi connectivity index (χ1) is 14.8. The molecule has 0 spiro atoms. The van der Waals surface area contributed by atoms with E-state index in [0.717, 1.165) is 12.5 Å². The van der Waals surface area contributed by atoms with Crippen molar-refractivity contribution in [2.24, 2.45) is 0 Å². The minimum atomic E-state index is -0.956. The van der Waals surface area contributed by atoms with Crippen LogP contribution in [0, 0.1) is 0 Å². The van der Waals surface area contributed by atoms with Crippen molar-refractivity contribution in [2.45, 2.75) is 31.8 Å². The summed E-state index contributed by atoms with van der Waals surface area (Å²) < 4.78 is 24.8. The van der Waals surface area contributed by atoms with E-state index in [9.17, 15) is 19.2 Å². The molecule has 10 heteroatoms. The van der Waals surface area contributed by atoms with Gasteiger partial charge in [-0.15, -0.1) is 0 Å². The zero-order valence-corrected chi connectivity index (χ0v) is 17.5. The molecule has 1 aromatic carbocycles. The number of carbonyl (C=O) groups excluding carboxylic acids is 4. The molecule has 0 aliphatic rings. The Kier molecular flexibility index (Phi) is 12.1. The molecule has 0 aromatic heterocycles. The van der Waals surface area contributed by atoms with Gasteiger partial charge in [0.2, 0.25) is 0 Å². The molecule has 0 radical (unpaired) electrons. The Morgan fingerprint density at radius 1 is 0.806 bits per heavy atom. The van der Waals surface area contributed by atoms with Gasteiger partial charge in [0.1, 0.15) is 19.0 Å². The van der Waals surface area contributed by atoms with Crippen LogP contribution in [0.3, 0.4) is 0 Å². The molecule has 0 heterocycles. The second-order valence-electron chi connectivity index (χ2n) is 5.87. The first kappa shape index (κ1) is 25.7. The van der Waals surface area contributed by atoms with Gasteiger partial charge in [-0.3, -0.25) is 19.2 Å². The van der Waals surface area contributed by atoms with Crippen LogP contribution in [-0.4, -0.2) is 43.2 Å². The summed E-state index contributed by atoms with van der Waals surface area (Å²) in [5, 5.41) is 0.519. The van der Waals surface area contributed by atoms with Gasteiger partial charge in [0.05, 0.1) is 38.2 Å². The SMILES string of the molecule is C=COC(=O)CCC(=O)OCC(COc1ccc(Cl)cc1)OC(=O)CCC(=O)OC=C. The summed E-state index contributed by atoms with van der Waals surface area (Å²) in [6.45, 7) is 6.04. The molecule has 0 aliphatic carbocycles. The van der Waals surface area contributed by atoms with Crippen LogP contribution in [-0.2, 0) is 38.1 Å². The van der Waals surface area contributed by atoms with Gasteiger partial charge in [0.15, 0.2) is 6.10 Å². The van der Waals surface area contributed by atoms with E-state index in [4.69, 9.17) is 25.8 Å². The van der Waals surface area contributed by atoms with Gasteiger partial charge in [-0.05, 0) is 24.3 Å². The maximum atomic E-state index is 12.0. The normalized spacial score (nSPS) is 10.9. The van der Waals surface area contributed by atoms with Crippen molar-refractivity contribution in [3.63, 3.8) is 0 Å². The Morgan fingerprint density at radius 2 is 1.32 bits per heavy atom. The van der Waals surface area contributed by atoms with Gasteiger partial charge >= 0.3 is 23.9 Å². The lowest BCUT2D eigenvalue weighted by atomic mass is 10.3. The summed E-state index contributed by atoms with van der Waals surface area (Å²) in [5.41, 5.74) is 0. The number of esters is 4. The molecule has 31 heavy (non-hydrogen) atoms. The molecule has 1 atom stereocenters. The lowest BCUT2D eigenvalue weighted by Crippen LogP contribution is -2.31. The van der Waals surface area contributed by atoms with Crippen molar-refractivity contribution in [3.8, 4) is 5.75 Å². The third-order valence-electron chi connectivity index (χ3n) is 3.47. The van der Waals surface area contributed by atoms with Crippen LogP contribution >= 0.6 is 11.6 Å². The monoisotopic (exact) mass is 454 g/mol. The third kappa shape index (κ3) is 12.1. The molecule has 0 saturated heterocycles. The van der Waals surface area contributed by atoms with Gasteiger partial charge in [-0.1, -0.05) is 24.8 Å². The molecule has 1 aromatic rings. The summed E-state index contributed by atoms with van der Waals surface area (Å²) in [6, 6.07) is 6.46. The summed E-state index contributed by atoms with van der Waals surface area (Å²) in [4.78, 5) is 46.4. The highest BCUT2D eigenvalue weighted by Gasteiger charge is 2.20. The lowest BCUT2D eigenvalue weighted by Gasteiger charge is -2.18. The molecule has 0 amide bonds. The summed E-state index contributed by atoms with van der Waals surface area (Å²) >= 11 is 5.82. The topological polar surface area (TPSA) is 114 Å². The number of benzene rings is 1. The van der Waals surface area contributed by atoms with Crippen molar-refractivity contribution >= 4 is 35.5 Å². The van der Waals surface area contributed by atoms with Crippen LogP contribution in [0.5, 0.6) is 5.75 Å². The zero-order chi connectivity index (χ0) is 23.1. The number of carbonyl (C=O) groups is 4. The molecule has 1 unspecified atom stereocenters. The maximum absolute atomic E-state index is 12.0. The van der Waals surface area contributed by atoms with Crippen LogP contribution in [0.2, 0.25) is 5.02 Å². The van der Waals surface area contributed by atoms with Gasteiger partial charge in [0, 0.05) is 5.02 Å². The van der Waals surface area contributed by atoms with Crippen LogP contribution in [0.4, 0.5) is 0 Å². The summed E-state index contributed by atoms with van der Waals surface area (Å²) in [5.74, 6) is -2.22. The van der Waals surface area contributed by atoms with Crippen LogP contribution in [0.15, 0.2) is 49.9 Å². The minimum Gasteiger partial charge on any atom is -0.490 e. The van der Waals surface area contributed by atoms with Crippen LogP contribution in [0.25, 0.3) is 0 Å². The van der Waals surface area contributed by atoms with Gasteiger partial charge < -0.3 is 23.7 Å². The maximum Gasteiger partial charge on any atom is 0.311 e. The molecule has 168 valence electrons. The van der Waals surface area contributed by atoms with Crippen molar-refractivity contribution < 1.29 is 42.9 Å². The number of rotatable bonds is 14. The summed E-state index contributed by atoms with van der Waals surface area (Å²) in [6.07, 6.45) is 0.0956. The van der Waals surface area contributed by atoms with E-state index < -0.39 is 30.0 Å².